The van der Waals surface area contributed by atoms with Crippen molar-refractivity contribution in [1.82, 2.24) is 9.78 Å². The van der Waals surface area contributed by atoms with Gasteiger partial charge in [-0.3, -0.25) is 9.48 Å². The Morgan fingerprint density at radius 2 is 2.31 bits per heavy atom. The van der Waals surface area contributed by atoms with Gasteiger partial charge in [-0.1, -0.05) is 11.8 Å². The fourth-order valence-electron chi connectivity index (χ4n) is 1.19. The molecule has 0 bridgehead atoms. The number of hydrogen-bond donors (Lipinski definition) is 3. The second-order valence-corrected chi connectivity index (χ2v) is 4.62. The molecule has 4 N–H and O–H groups in total. The molecule has 1 aromatic heterocycles. The van der Waals surface area contributed by atoms with Crippen LogP contribution in [0.4, 0.5) is 5.82 Å². The zero-order chi connectivity index (χ0) is 12.3. The Bertz CT molecular complexity index is 380. The van der Waals surface area contributed by atoms with Crippen LogP contribution in [0.2, 0.25) is 0 Å². The molecule has 0 aliphatic rings. The quantitative estimate of drug-likeness (QED) is 0.672. The number of carbonyl (C=O) groups excluding carboxylic acids is 1. The minimum Gasteiger partial charge on any atom is -0.389 e. The van der Waals surface area contributed by atoms with E-state index in [-0.39, 0.29) is 10.9 Å². The number of aliphatic hydroxyl groups is 2. The molecule has 0 aliphatic heterocycles. The van der Waals surface area contributed by atoms with Crippen LogP contribution in [0.3, 0.4) is 0 Å². The lowest BCUT2D eigenvalue weighted by atomic mass is 10.1. The Hall–Kier alpha value is -1.05. The molecule has 90 valence electrons. The second kappa shape index (κ2) is 5.33. The van der Waals surface area contributed by atoms with Crippen molar-refractivity contribution in [2.24, 2.45) is 7.05 Å². The van der Waals surface area contributed by atoms with E-state index in [1.54, 1.807) is 7.05 Å². The van der Waals surface area contributed by atoms with E-state index in [0.29, 0.717) is 11.4 Å². The zero-order valence-electron chi connectivity index (χ0n) is 9.12. The number of nitrogens with two attached hydrogens (primary N) is 1. The summed E-state index contributed by atoms with van der Waals surface area (Å²) < 4.78 is 1.41. The van der Waals surface area contributed by atoms with Crippen LogP contribution in [0.5, 0.6) is 0 Å². The van der Waals surface area contributed by atoms with E-state index in [0.717, 1.165) is 11.8 Å². The number of aliphatic hydroxyl groups excluding tert-OH is 2. The smallest absolute Gasteiger partial charge is 0.185 e. The van der Waals surface area contributed by atoms with E-state index in [1.165, 1.54) is 17.8 Å². The third-order valence-electron chi connectivity index (χ3n) is 2.15. The Morgan fingerprint density at radius 1 is 1.69 bits per heavy atom. The number of nitrogens with zero attached hydrogens (tertiary/aromatic N) is 2. The molecule has 1 heterocycles. The maximum Gasteiger partial charge on any atom is 0.185 e. The van der Waals surface area contributed by atoms with Crippen LogP contribution >= 0.6 is 11.8 Å². The third kappa shape index (κ3) is 2.97. The number of aryl methyl sites for hydroxylation is 1. The van der Waals surface area contributed by atoms with Crippen LogP contribution < -0.4 is 5.73 Å². The van der Waals surface area contributed by atoms with Crippen molar-refractivity contribution in [2.45, 2.75) is 19.1 Å². The number of nitrogen functional groups attached to an aromatic ring is 1. The van der Waals surface area contributed by atoms with Crippen LogP contribution in [0, 0.1) is 0 Å². The van der Waals surface area contributed by atoms with E-state index >= 15 is 0 Å². The molecule has 0 radical (unpaired) electrons. The summed E-state index contributed by atoms with van der Waals surface area (Å²) in [5.74, 6) is 0.435. The van der Waals surface area contributed by atoms with Gasteiger partial charge in [0.05, 0.1) is 12.3 Å². The molecule has 0 spiro atoms. The summed E-state index contributed by atoms with van der Waals surface area (Å²) in [6.07, 6.45) is -0.761. The van der Waals surface area contributed by atoms with Crippen LogP contribution in [0.25, 0.3) is 0 Å². The summed E-state index contributed by atoms with van der Waals surface area (Å²) in [7, 11) is 1.64. The van der Waals surface area contributed by atoms with Gasteiger partial charge in [-0.25, -0.2) is 0 Å². The first-order valence-electron chi connectivity index (χ1n) is 4.70. The van der Waals surface area contributed by atoms with Gasteiger partial charge in [0.25, 0.3) is 0 Å². The summed E-state index contributed by atoms with van der Waals surface area (Å²) in [4.78, 5) is 10.7. The zero-order valence-corrected chi connectivity index (χ0v) is 9.94. The average molecular weight is 245 g/mol. The van der Waals surface area contributed by atoms with Gasteiger partial charge in [0, 0.05) is 25.3 Å². The van der Waals surface area contributed by atoms with Gasteiger partial charge in [-0.05, 0) is 0 Å². The van der Waals surface area contributed by atoms with Gasteiger partial charge >= 0.3 is 0 Å². The van der Waals surface area contributed by atoms with Gasteiger partial charge in [-0.2, -0.15) is 5.10 Å². The second-order valence-electron chi connectivity index (χ2n) is 3.42. The van der Waals surface area contributed by atoms with Gasteiger partial charge in [0.15, 0.2) is 5.12 Å². The van der Waals surface area contributed by atoms with Gasteiger partial charge < -0.3 is 15.9 Å². The fourth-order valence-corrected chi connectivity index (χ4v) is 1.78. The fraction of sp³-hybridized carbons (Fsp3) is 0.556. The first-order valence-corrected chi connectivity index (χ1v) is 5.69. The highest BCUT2D eigenvalue weighted by atomic mass is 32.2. The monoisotopic (exact) mass is 245 g/mol. The molecule has 2 unspecified atom stereocenters. The molecule has 7 heteroatoms. The lowest BCUT2D eigenvalue weighted by molar-refractivity contribution is -0.109. The summed E-state index contributed by atoms with van der Waals surface area (Å²) in [5, 5.41) is 23.2. The summed E-state index contributed by atoms with van der Waals surface area (Å²) >= 11 is 0.958. The normalized spacial score (nSPS) is 14.8. The molecule has 0 aliphatic carbocycles. The first-order chi connectivity index (χ1) is 7.43. The Balaban J connectivity index is 2.66. The van der Waals surface area contributed by atoms with E-state index in [1.807, 2.05) is 0 Å². The molecular formula is C9H15N3O3S. The number of anilines is 1. The molecule has 0 saturated heterocycles. The standard InChI is InChI=1S/C9H15N3O3S/c1-5(13)16-4-7(14)8(15)6-3-11-12(2)9(6)10/h3,7-8,14-15H,4,10H2,1-2H3. The highest BCUT2D eigenvalue weighted by Crippen LogP contribution is 2.24. The molecule has 2 atom stereocenters. The van der Waals surface area contributed by atoms with Crippen molar-refractivity contribution in [2.75, 3.05) is 11.5 Å². The molecule has 6 nitrogen and oxygen atoms in total. The topological polar surface area (TPSA) is 101 Å². The van der Waals surface area contributed by atoms with Crippen molar-refractivity contribution >= 4 is 22.7 Å². The molecule has 16 heavy (non-hydrogen) atoms. The van der Waals surface area contributed by atoms with Crippen LogP contribution in [0.1, 0.15) is 18.6 Å². The van der Waals surface area contributed by atoms with Gasteiger partial charge in [0.2, 0.25) is 0 Å². The lowest BCUT2D eigenvalue weighted by Gasteiger charge is -2.16. The number of thioether (sulfide) groups is 1. The number of carbonyl (C=O) groups is 1. The van der Waals surface area contributed by atoms with E-state index in [9.17, 15) is 15.0 Å². The highest BCUT2D eigenvalue weighted by molar-refractivity contribution is 8.13. The average Bonchev–Trinajstić information content (AvgIpc) is 2.55. The molecule has 0 fully saturated rings. The predicted molar refractivity (Wildman–Crippen MR) is 61.7 cm³/mol. The van der Waals surface area contributed by atoms with Crippen LogP contribution in [-0.2, 0) is 11.8 Å². The van der Waals surface area contributed by atoms with Crippen molar-refractivity contribution < 1.29 is 15.0 Å². The third-order valence-corrected chi connectivity index (χ3v) is 3.07. The van der Waals surface area contributed by atoms with Crippen LogP contribution in [-0.4, -0.2) is 37.0 Å². The van der Waals surface area contributed by atoms with Crippen molar-refractivity contribution in [3.05, 3.63) is 11.8 Å². The minimum atomic E-state index is -1.12. The maximum atomic E-state index is 10.7. The van der Waals surface area contributed by atoms with Gasteiger partial charge in [-0.15, -0.1) is 0 Å². The molecule has 1 aromatic rings. The van der Waals surface area contributed by atoms with E-state index in [4.69, 9.17) is 5.73 Å². The Labute approximate surface area is 97.4 Å². The summed E-state index contributed by atoms with van der Waals surface area (Å²) in [6.45, 7) is 1.40. The van der Waals surface area contributed by atoms with E-state index in [2.05, 4.69) is 5.10 Å². The van der Waals surface area contributed by atoms with Crippen LogP contribution in [0.15, 0.2) is 6.20 Å². The van der Waals surface area contributed by atoms with Crippen molar-refractivity contribution in [3.8, 4) is 0 Å². The molecule has 0 aromatic carbocycles. The Kier molecular flexibility index (Phi) is 4.34. The Morgan fingerprint density at radius 3 is 2.75 bits per heavy atom. The SMILES string of the molecule is CC(=O)SCC(O)C(O)c1cnn(C)c1N. The van der Waals surface area contributed by atoms with E-state index < -0.39 is 12.2 Å². The summed E-state index contributed by atoms with van der Waals surface area (Å²) in [6, 6.07) is 0. The molecular weight excluding hydrogens is 230 g/mol. The molecule has 0 amide bonds. The van der Waals surface area contributed by atoms with Crippen molar-refractivity contribution in [1.29, 1.82) is 0 Å². The number of hydrogen-bond acceptors (Lipinski definition) is 6. The predicted octanol–water partition coefficient (Wildman–Crippen LogP) is -0.324. The van der Waals surface area contributed by atoms with Gasteiger partial charge in [0.1, 0.15) is 11.9 Å². The molecule has 1 rings (SSSR count). The summed E-state index contributed by atoms with van der Waals surface area (Å²) in [5.41, 5.74) is 6.03. The highest BCUT2D eigenvalue weighted by Gasteiger charge is 2.23. The maximum absolute atomic E-state index is 10.7. The molecule has 0 saturated carbocycles. The number of rotatable bonds is 4. The van der Waals surface area contributed by atoms with Crippen molar-refractivity contribution in [3.63, 3.8) is 0 Å². The largest absolute Gasteiger partial charge is 0.389 e. The minimum absolute atomic E-state index is 0.106. The number of aromatic nitrogens is 2. The first kappa shape index (κ1) is 13.0. The lowest BCUT2D eigenvalue weighted by Crippen LogP contribution is -2.22.